The molecule has 0 amide bonds. The second-order valence-electron chi connectivity index (χ2n) is 6.71. The Kier molecular flexibility index (Phi) is 5.35. The first kappa shape index (κ1) is 20.4. The highest BCUT2D eigenvalue weighted by Crippen LogP contribution is 2.28. The highest BCUT2D eigenvalue weighted by molar-refractivity contribution is 9.10. The van der Waals surface area contributed by atoms with Crippen molar-refractivity contribution in [3.63, 3.8) is 0 Å². The monoisotopic (exact) mass is 478 g/mol. The van der Waals surface area contributed by atoms with Crippen LogP contribution >= 0.6 is 15.9 Å². The normalized spacial score (nSPS) is 11.3. The highest BCUT2D eigenvalue weighted by Gasteiger charge is 2.15. The Morgan fingerprint density at radius 3 is 2.61 bits per heavy atom. The van der Waals surface area contributed by atoms with Crippen LogP contribution in [0, 0.1) is 17.0 Å². The molecule has 1 aromatic heterocycles. The van der Waals surface area contributed by atoms with E-state index in [4.69, 9.17) is 0 Å². The average Bonchev–Trinajstić information content (AvgIpc) is 2.74. The van der Waals surface area contributed by atoms with Crippen LogP contribution in [0.5, 0.6) is 5.75 Å². The zero-order chi connectivity index (χ0) is 22.1. The van der Waals surface area contributed by atoms with Gasteiger partial charge in [0.15, 0.2) is 0 Å². The van der Waals surface area contributed by atoms with Crippen molar-refractivity contribution in [1.82, 2.24) is 9.55 Å². The molecule has 0 aliphatic carbocycles. The Morgan fingerprint density at radius 2 is 1.90 bits per heavy atom. The molecule has 0 unspecified atom stereocenters. The number of phenols is 1. The lowest BCUT2D eigenvalue weighted by Gasteiger charge is -2.11. The van der Waals surface area contributed by atoms with E-state index in [0.29, 0.717) is 28.1 Å². The molecule has 0 atom stereocenters. The minimum atomic E-state index is -0.655. The molecular weight excluding hydrogens is 464 g/mol. The smallest absolute Gasteiger partial charge is 0.311 e. The molecule has 0 saturated carbocycles. The van der Waals surface area contributed by atoms with Crippen molar-refractivity contribution in [2.45, 2.75) is 6.92 Å². The van der Waals surface area contributed by atoms with Crippen molar-refractivity contribution >= 4 is 44.4 Å². The number of aryl methyl sites for hydroxylation is 1. The van der Waals surface area contributed by atoms with E-state index < -0.39 is 10.7 Å². The maximum atomic E-state index is 13.0. The number of hydrogen-bond acceptors (Lipinski definition) is 6. The summed E-state index contributed by atoms with van der Waals surface area (Å²) in [7, 11) is 0. The molecule has 0 fully saturated rings. The Labute approximate surface area is 184 Å². The van der Waals surface area contributed by atoms with Crippen molar-refractivity contribution in [2.24, 2.45) is 4.99 Å². The summed E-state index contributed by atoms with van der Waals surface area (Å²) in [5.74, 6) is 0.112. The number of halogens is 1. The number of aromatic nitrogens is 2. The zero-order valence-electron chi connectivity index (χ0n) is 16.2. The molecule has 4 aromatic rings. The molecule has 0 radical (unpaired) electrons. The van der Waals surface area contributed by atoms with Gasteiger partial charge in [-0.3, -0.25) is 24.5 Å². The summed E-state index contributed by atoms with van der Waals surface area (Å²) in [6.07, 6.45) is 1.35. The SMILES string of the molecule is Cc1nc2ccc(Br)cc2c(=O)n1-c1ccc(N=Cc2cccc([N+](=O)[O-])c2O)cc1. The number of phenolic OH excluding ortho intramolecular Hbond substituents is 1. The molecule has 0 aliphatic heterocycles. The molecule has 8 nitrogen and oxygen atoms in total. The number of aromatic hydroxyl groups is 1. The number of para-hydroxylation sites is 1. The summed E-state index contributed by atoms with van der Waals surface area (Å²) >= 11 is 3.38. The molecule has 0 spiro atoms. The second-order valence-corrected chi connectivity index (χ2v) is 7.62. The summed E-state index contributed by atoms with van der Waals surface area (Å²) in [6.45, 7) is 1.76. The summed E-state index contributed by atoms with van der Waals surface area (Å²) in [6, 6.07) is 16.5. The van der Waals surface area contributed by atoms with Gasteiger partial charge in [-0.25, -0.2) is 4.98 Å². The van der Waals surface area contributed by atoms with Crippen LogP contribution < -0.4 is 5.56 Å². The van der Waals surface area contributed by atoms with E-state index in [0.717, 1.165) is 4.47 Å². The van der Waals surface area contributed by atoms with E-state index >= 15 is 0 Å². The first-order valence-corrected chi connectivity index (χ1v) is 9.94. The lowest BCUT2D eigenvalue weighted by molar-refractivity contribution is -0.385. The van der Waals surface area contributed by atoms with Gasteiger partial charge in [-0.05, 0) is 55.5 Å². The van der Waals surface area contributed by atoms with Gasteiger partial charge < -0.3 is 5.11 Å². The van der Waals surface area contributed by atoms with Crippen LogP contribution in [-0.4, -0.2) is 25.8 Å². The van der Waals surface area contributed by atoms with Crippen molar-refractivity contribution in [2.75, 3.05) is 0 Å². The Hall–Kier alpha value is -3.85. The largest absolute Gasteiger partial charge is 0.502 e. The van der Waals surface area contributed by atoms with E-state index in [2.05, 4.69) is 25.9 Å². The molecule has 154 valence electrons. The molecule has 0 bridgehead atoms. The Morgan fingerprint density at radius 1 is 1.16 bits per heavy atom. The lowest BCUT2D eigenvalue weighted by atomic mass is 10.2. The maximum Gasteiger partial charge on any atom is 0.311 e. The number of nitro groups is 1. The fraction of sp³-hybridized carbons (Fsp3) is 0.0455. The van der Waals surface area contributed by atoms with Gasteiger partial charge in [-0.2, -0.15) is 0 Å². The van der Waals surface area contributed by atoms with Crippen LogP contribution in [0.15, 0.2) is 74.9 Å². The molecule has 0 aliphatic rings. The van der Waals surface area contributed by atoms with Gasteiger partial charge in [0, 0.05) is 22.3 Å². The Bertz CT molecular complexity index is 1410. The van der Waals surface area contributed by atoms with Crippen molar-refractivity contribution in [1.29, 1.82) is 0 Å². The van der Waals surface area contributed by atoms with Gasteiger partial charge in [0.05, 0.1) is 27.2 Å². The van der Waals surface area contributed by atoms with E-state index in [1.165, 1.54) is 29.0 Å². The lowest BCUT2D eigenvalue weighted by Crippen LogP contribution is -2.22. The number of nitrogens with zero attached hydrogens (tertiary/aromatic N) is 4. The van der Waals surface area contributed by atoms with E-state index in [1.54, 1.807) is 43.3 Å². The molecule has 4 rings (SSSR count). The van der Waals surface area contributed by atoms with Gasteiger partial charge >= 0.3 is 5.69 Å². The molecule has 1 N–H and O–H groups in total. The quantitative estimate of drug-likeness (QED) is 0.256. The molecule has 1 heterocycles. The molecule has 9 heteroatoms. The standard InChI is InChI=1S/C22H15BrN4O4/c1-13-25-19-10-5-15(23)11-18(19)22(29)26(13)17-8-6-16(7-9-17)24-12-14-3-2-4-20(21(14)28)27(30)31/h2-12,28H,1H3. The topological polar surface area (TPSA) is 111 Å². The predicted octanol–water partition coefficient (Wildman–Crippen LogP) is 4.82. The van der Waals surface area contributed by atoms with Crippen LogP contribution in [0.1, 0.15) is 11.4 Å². The first-order chi connectivity index (χ1) is 14.8. The maximum absolute atomic E-state index is 13.0. The number of hydrogen-bond donors (Lipinski definition) is 1. The van der Waals surface area contributed by atoms with E-state index in [1.807, 2.05) is 6.07 Å². The number of rotatable bonds is 4. The van der Waals surface area contributed by atoms with Crippen LogP contribution in [0.2, 0.25) is 0 Å². The van der Waals surface area contributed by atoms with Crippen LogP contribution in [0.4, 0.5) is 11.4 Å². The molecular formula is C22H15BrN4O4. The number of benzene rings is 3. The minimum Gasteiger partial charge on any atom is -0.502 e. The number of aliphatic imine (C=N–C) groups is 1. The van der Waals surface area contributed by atoms with Crippen LogP contribution in [0.25, 0.3) is 16.6 Å². The van der Waals surface area contributed by atoms with Gasteiger partial charge in [-0.15, -0.1) is 0 Å². The van der Waals surface area contributed by atoms with Gasteiger partial charge in [-0.1, -0.05) is 22.0 Å². The first-order valence-electron chi connectivity index (χ1n) is 9.15. The predicted molar refractivity (Wildman–Crippen MR) is 122 cm³/mol. The highest BCUT2D eigenvalue weighted by atomic mass is 79.9. The zero-order valence-corrected chi connectivity index (χ0v) is 17.8. The Balaban J connectivity index is 1.68. The minimum absolute atomic E-state index is 0.179. The fourth-order valence-corrected chi connectivity index (χ4v) is 3.57. The van der Waals surface area contributed by atoms with Crippen molar-refractivity contribution in [3.05, 3.63) is 97.0 Å². The molecule has 31 heavy (non-hydrogen) atoms. The summed E-state index contributed by atoms with van der Waals surface area (Å²) < 4.78 is 2.32. The second kappa shape index (κ2) is 8.11. The van der Waals surface area contributed by atoms with Gasteiger partial charge in [0.25, 0.3) is 5.56 Å². The van der Waals surface area contributed by atoms with Crippen molar-refractivity contribution < 1.29 is 10.0 Å². The van der Waals surface area contributed by atoms with Gasteiger partial charge in [0.1, 0.15) is 5.82 Å². The molecule has 0 saturated heterocycles. The fourth-order valence-electron chi connectivity index (χ4n) is 3.20. The van der Waals surface area contributed by atoms with E-state index in [9.17, 15) is 20.0 Å². The number of nitro benzene ring substituents is 1. The van der Waals surface area contributed by atoms with Gasteiger partial charge in [0.2, 0.25) is 5.75 Å². The number of fused-ring (bicyclic) bond motifs is 1. The third kappa shape index (κ3) is 3.95. The summed E-state index contributed by atoms with van der Waals surface area (Å²) in [5.41, 5.74) is 1.48. The third-order valence-electron chi connectivity index (χ3n) is 4.70. The average molecular weight is 479 g/mol. The molecule has 3 aromatic carbocycles. The van der Waals surface area contributed by atoms with E-state index in [-0.39, 0.29) is 16.8 Å². The third-order valence-corrected chi connectivity index (χ3v) is 5.19. The van der Waals surface area contributed by atoms with Crippen LogP contribution in [0.3, 0.4) is 0 Å². The summed E-state index contributed by atoms with van der Waals surface area (Å²) in [4.78, 5) is 32.1. The van der Waals surface area contributed by atoms with Crippen LogP contribution in [-0.2, 0) is 0 Å². The van der Waals surface area contributed by atoms with Crippen molar-refractivity contribution in [3.8, 4) is 11.4 Å². The summed E-state index contributed by atoms with van der Waals surface area (Å²) in [5, 5.41) is 21.5.